The van der Waals surface area contributed by atoms with Gasteiger partial charge in [0, 0.05) is 24.5 Å². The van der Waals surface area contributed by atoms with Crippen molar-refractivity contribution in [3.8, 4) is 0 Å². The molecule has 0 bridgehead atoms. The minimum atomic E-state index is 0.323. The Hall–Kier alpha value is -1.67. The molecule has 0 aliphatic rings. The standard InChI is InChI=1S/C16H20N2/c1-12-4-6-15(7-5-12)13(2)18-14(3)16-8-10-17-11-9-16/h4-11,13-14,18H,1-3H3/t13-,14?/m0/s1. The van der Waals surface area contributed by atoms with E-state index in [4.69, 9.17) is 0 Å². The van der Waals surface area contributed by atoms with Crippen molar-refractivity contribution in [3.63, 3.8) is 0 Å². The molecule has 0 fully saturated rings. The van der Waals surface area contributed by atoms with Gasteiger partial charge >= 0.3 is 0 Å². The highest BCUT2D eigenvalue weighted by Gasteiger charge is 2.10. The second kappa shape index (κ2) is 5.78. The quantitative estimate of drug-likeness (QED) is 0.879. The van der Waals surface area contributed by atoms with Gasteiger partial charge in [-0.05, 0) is 44.0 Å². The van der Waals surface area contributed by atoms with Crippen LogP contribution in [0.5, 0.6) is 0 Å². The Morgan fingerprint density at radius 3 is 1.89 bits per heavy atom. The number of nitrogens with one attached hydrogen (secondary N) is 1. The SMILES string of the molecule is Cc1ccc([C@H](C)NC(C)c2ccncc2)cc1. The van der Waals surface area contributed by atoms with E-state index in [1.54, 1.807) is 0 Å². The van der Waals surface area contributed by atoms with Crippen molar-refractivity contribution in [2.75, 3.05) is 0 Å². The minimum Gasteiger partial charge on any atom is -0.304 e. The smallest absolute Gasteiger partial charge is 0.0298 e. The summed E-state index contributed by atoms with van der Waals surface area (Å²) in [5.74, 6) is 0. The molecule has 2 aromatic rings. The summed E-state index contributed by atoms with van der Waals surface area (Å²) in [5.41, 5.74) is 3.89. The van der Waals surface area contributed by atoms with Crippen LogP contribution < -0.4 is 5.32 Å². The lowest BCUT2D eigenvalue weighted by molar-refractivity contribution is 0.494. The van der Waals surface area contributed by atoms with Gasteiger partial charge < -0.3 is 5.32 Å². The first-order valence-corrected chi connectivity index (χ1v) is 6.39. The van der Waals surface area contributed by atoms with Crippen LogP contribution in [0.3, 0.4) is 0 Å². The summed E-state index contributed by atoms with van der Waals surface area (Å²) in [4.78, 5) is 4.05. The molecule has 1 aromatic carbocycles. The van der Waals surface area contributed by atoms with E-state index in [2.05, 4.69) is 67.5 Å². The number of benzene rings is 1. The Kier molecular flexibility index (Phi) is 4.11. The molecule has 0 saturated carbocycles. The van der Waals surface area contributed by atoms with Gasteiger partial charge in [0.2, 0.25) is 0 Å². The van der Waals surface area contributed by atoms with Crippen LogP contribution in [0, 0.1) is 6.92 Å². The summed E-state index contributed by atoms with van der Waals surface area (Å²) < 4.78 is 0. The van der Waals surface area contributed by atoms with Gasteiger partial charge in [-0.3, -0.25) is 4.98 Å². The fourth-order valence-corrected chi connectivity index (χ4v) is 2.07. The maximum atomic E-state index is 4.05. The Labute approximate surface area is 109 Å². The zero-order valence-corrected chi connectivity index (χ0v) is 11.2. The molecule has 0 aliphatic carbocycles. The Morgan fingerprint density at radius 1 is 0.833 bits per heavy atom. The van der Waals surface area contributed by atoms with Crippen LogP contribution in [0.2, 0.25) is 0 Å². The maximum absolute atomic E-state index is 4.05. The van der Waals surface area contributed by atoms with Crippen molar-refractivity contribution < 1.29 is 0 Å². The molecular formula is C16H20N2. The topological polar surface area (TPSA) is 24.9 Å². The molecule has 18 heavy (non-hydrogen) atoms. The third-order valence-corrected chi connectivity index (χ3v) is 3.28. The number of aromatic nitrogens is 1. The van der Waals surface area contributed by atoms with Crippen molar-refractivity contribution in [2.45, 2.75) is 32.9 Å². The van der Waals surface area contributed by atoms with E-state index < -0.39 is 0 Å². The molecule has 0 aliphatic heterocycles. The largest absolute Gasteiger partial charge is 0.304 e. The minimum absolute atomic E-state index is 0.323. The highest BCUT2D eigenvalue weighted by molar-refractivity contribution is 5.24. The molecule has 0 spiro atoms. The van der Waals surface area contributed by atoms with E-state index in [1.807, 2.05) is 12.4 Å². The van der Waals surface area contributed by atoms with E-state index in [0.29, 0.717) is 12.1 Å². The predicted octanol–water partition coefficient (Wildman–Crippen LogP) is 3.80. The van der Waals surface area contributed by atoms with Gasteiger partial charge in [-0.15, -0.1) is 0 Å². The zero-order chi connectivity index (χ0) is 13.0. The average Bonchev–Trinajstić information content (AvgIpc) is 2.40. The van der Waals surface area contributed by atoms with Gasteiger partial charge in [0.05, 0.1) is 0 Å². The molecular weight excluding hydrogens is 220 g/mol. The number of hydrogen-bond donors (Lipinski definition) is 1. The molecule has 1 unspecified atom stereocenters. The van der Waals surface area contributed by atoms with E-state index in [1.165, 1.54) is 16.7 Å². The summed E-state index contributed by atoms with van der Waals surface area (Å²) in [5, 5.41) is 3.60. The van der Waals surface area contributed by atoms with Crippen LogP contribution in [-0.4, -0.2) is 4.98 Å². The summed E-state index contributed by atoms with van der Waals surface area (Å²) >= 11 is 0. The first-order chi connectivity index (χ1) is 8.66. The lowest BCUT2D eigenvalue weighted by Gasteiger charge is -2.20. The van der Waals surface area contributed by atoms with Crippen LogP contribution in [0.4, 0.5) is 0 Å². The van der Waals surface area contributed by atoms with Gasteiger partial charge in [0.1, 0.15) is 0 Å². The first kappa shape index (κ1) is 12.8. The fourth-order valence-electron chi connectivity index (χ4n) is 2.07. The van der Waals surface area contributed by atoms with Crippen LogP contribution in [0.15, 0.2) is 48.8 Å². The van der Waals surface area contributed by atoms with Crippen molar-refractivity contribution in [2.24, 2.45) is 0 Å². The molecule has 1 N–H and O–H groups in total. The van der Waals surface area contributed by atoms with Crippen LogP contribution in [0.25, 0.3) is 0 Å². The van der Waals surface area contributed by atoms with Gasteiger partial charge in [-0.25, -0.2) is 0 Å². The molecule has 1 heterocycles. The molecule has 0 saturated heterocycles. The van der Waals surface area contributed by atoms with E-state index in [9.17, 15) is 0 Å². The Morgan fingerprint density at radius 2 is 1.33 bits per heavy atom. The van der Waals surface area contributed by atoms with Crippen LogP contribution in [0.1, 0.15) is 42.6 Å². The number of aryl methyl sites for hydroxylation is 1. The predicted molar refractivity (Wildman–Crippen MR) is 75.4 cm³/mol. The van der Waals surface area contributed by atoms with Crippen molar-refractivity contribution in [3.05, 3.63) is 65.5 Å². The van der Waals surface area contributed by atoms with Crippen molar-refractivity contribution in [1.29, 1.82) is 0 Å². The van der Waals surface area contributed by atoms with E-state index in [0.717, 1.165) is 0 Å². The lowest BCUT2D eigenvalue weighted by atomic mass is 10.0. The Balaban J connectivity index is 2.03. The second-order valence-corrected chi connectivity index (χ2v) is 4.80. The summed E-state index contributed by atoms with van der Waals surface area (Å²) in [7, 11) is 0. The monoisotopic (exact) mass is 240 g/mol. The number of nitrogens with zero attached hydrogens (tertiary/aromatic N) is 1. The summed E-state index contributed by atoms with van der Waals surface area (Å²) in [6.45, 7) is 6.49. The normalized spacial score (nSPS) is 14.2. The van der Waals surface area contributed by atoms with E-state index >= 15 is 0 Å². The zero-order valence-electron chi connectivity index (χ0n) is 11.2. The third-order valence-electron chi connectivity index (χ3n) is 3.28. The van der Waals surface area contributed by atoms with Gasteiger partial charge in [0.15, 0.2) is 0 Å². The van der Waals surface area contributed by atoms with Gasteiger partial charge in [-0.1, -0.05) is 29.8 Å². The fraction of sp³-hybridized carbons (Fsp3) is 0.312. The molecule has 2 nitrogen and oxygen atoms in total. The Bertz CT molecular complexity index is 476. The van der Waals surface area contributed by atoms with E-state index in [-0.39, 0.29) is 0 Å². The molecule has 94 valence electrons. The number of pyridine rings is 1. The highest BCUT2D eigenvalue weighted by Crippen LogP contribution is 2.19. The molecule has 0 radical (unpaired) electrons. The first-order valence-electron chi connectivity index (χ1n) is 6.39. The molecule has 2 atom stereocenters. The van der Waals surface area contributed by atoms with Crippen molar-refractivity contribution in [1.82, 2.24) is 10.3 Å². The van der Waals surface area contributed by atoms with Gasteiger partial charge in [0.25, 0.3) is 0 Å². The lowest BCUT2D eigenvalue weighted by Crippen LogP contribution is -2.22. The second-order valence-electron chi connectivity index (χ2n) is 4.80. The molecule has 1 aromatic heterocycles. The number of rotatable bonds is 4. The third kappa shape index (κ3) is 3.17. The highest BCUT2D eigenvalue weighted by atomic mass is 14.9. The molecule has 0 amide bonds. The van der Waals surface area contributed by atoms with Crippen LogP contribution in [-0.2, 0) is 0 Å². The van der Waals surface area contributed by atoms with Gasteiger partial charge in [-0.2, -0.15) is 0 Å². The average molecular weight is 240 g/mol. The molecule has 2 rings (SSSR count). The van der Waals surface area contributed by atoms with Crippen LogP contribution >= 0.6 is 0 Å². The summed E-state index contributed by atoms with van der Waals surface area (Å²) in [6, 6.07) is 13.5. The van der Waals surface area contributed by atoms with Crippen molar-refractivity contribution >= 4 is 0 Å². The summed E-state index contributed by atoms with van der Waals surface area (Å²) in [6.07, 6.45) is 3.67. The maximum Gasteiger partial charge on any atom is 0.0298 e. The number of hydrogen-bond acceptors (Lipinski definition) is 2. The molecule has 2 heteroatoms.